The van der Waals surface area contributed by atoms with Crippen LogP contribution in [0.4, 0.5) is 0 Å². The lowest BCUT2D eigenvalue weighted by atomic mass is 9.49. The van der Waals surface area contributed by atoms with Gasteiger partial charge in [0.2, 0.25) is 5.91 Å². The Balaban J connectivity index is 1.44. The third-order valence-electron chi connectivity index (χ3n) is 5.47. The molecule has 112 valence electrons. The summed E-state index contributed by atoms with van der Waals surface area (Å²) in [4.78, 5) is 13.7. The quantitative estimate of drug-likeness (QED) is 0.632. The number of carbonyl (C=O) groups excluding carboxylic acids is 1. The second-order valence-corrected chi connectivity index (χ2v) is 8.92. The van der Waals surface area contributed by atoms with Gasteiger partial charge >= 0.3 is 0 Å². The normalized spacial score (nSPS) is 37.3. The van der Waals surface area contributed by atoms with E-state index in [9.17, 15) is 4.79 Å². The van der Waals surface area contributed by atoms with E-state index in [-0.39, 0.29) is 11.3 Å². The Morgan fingerprint density at radius 1 is 1.29 bits per heavy atom. The number of thiophene rings is 1. The van der Waals surface area contributed by atoms with Gasteiger partial charge in [0, 0.05) is 14.7 Å². The lowest BCUT2D eigenvalue weighted by Gasteiger charge is -2.55. The smallest absolute Gasteiger partial charge is 0.246 e. The predicted molar refractivity (Wildman–Crippen MR) is 88.4 cm³/mol. The summed E-state index contributed by atoms with van der Waals surface area (Å²) in [5, 5.41) is 6.19. The molecule has 21 heavy (non-hydrogen) atoms. The molecule has 3 nitrogen and oxygen atoms in total. The predicted octanol–water partition coefficient (Wildman–Crippen LogP) is 4.18. The van der Waals surface area contributed by atoms with Gasteiger partial charge in [-0.25, -0.2) is 5.43 Å². The molecule has 0 aromatic carbocycles. The van der Waals surface area contributed by atoms with Crippen molar-refractivity contribution in [1.29, 1.82) is 0 Å². The molecule has 1 N–H and O–H groups in total. The van der Waals surface area contributed by atoms with E-state index in [0.717, 1.165) is 46.4 Å². The lowest BCUT2D eigenvalue weighted by Crippen LogP contribution is -2.52. The van der Waals surface area contributed by atoms with Gasteiger partial charge in [-0.3, -0.25) is 4.79 Å². The fourth-order valence-corrected chi connectivity index (χ4v) is 6.36. The molecule has 4 bridgehead atoms. The Hall–Kier alpha value is -0.680. The highest BCUT2D eigenvalue weighted by atomic mass is 79.9. The molecule has 1 aromatic rings. The van der Waals surface area contributed by atoms with Crippen LogP contribution in [0.5, 0.6) is 0 Å². The third kappa shape index (κ3) is 2.59. The highest BCUT2D eigenvalue weighted by Crippen LogP contribution is 2.60. The number of nitrogens with zero attached hydrogens (tertiary/aromatic N) is 1. The van der Waals surface area contributed by atoms with Gasteiger partial charge in [0.15, 0.2) is 0 Å². The van der Waals surface area contributed by atoms with Crippen LogP contribution in [-0.2, 0) is 4.79 Å². The number of nitrogens with one attached hydrogen (secondary N) is 1. The molecule has 1 heterocycles. The SMILES string of the molecule is O=C(N/N=C/c1cc(Br)cs1)C12CC3CC(CC(C3)C1)C2. The standard InChI is InChI=1S/C16H19BrN2OS/c17-13-4-14(21-9-13)8-18-19-15(20)16-5-10-1-11(6-16)3-12(2-10)7-16/h4,8-12H,1-3,5-7H2,(H,19,20)/b18-8+. The summed E-state index contributed by atoms with van der Waals surface area (Å²) in [7, 11) is 0. The number of hydrogen-bond donors (Lipinski definition) is 1. The Morgan fingerprint density at radius 2 is 1.90 bits per heavy atom. The first-order chi connectivity index (χ1) is 10.1. The average molecular weight is 367 g/mol. The Labute approximate surface area is 137 Å². The molecule has 0 saturated heterocycles. The van der Waals surface area contributed by atoms with Gasteiger partial charge in [-0.15, -0.1) is 11.3 Å². The van der Waals surface area contributed by atoms with Gasteiger partial charge in [-0.2, -0.15) is 5.10 Å². The Morgan fingerprint density at radius 3 is 2.43 bits per heavy atom. The molecule has 5 heteroatoms. The molecule has 0 atom stereocenters. The van der Waals surface area contributed by atoms with Crippen molar-refractivity contribution in [2.45, 2.75) is 38.5 Å². The maximum absolute atomic E-state index is 12.7. The van der Waals surface area contributed by atoms with E-state index in [0.29, 0.717) is 0 Å². The zero-order valence-corrected chi connectivity index (χ0v) is 14.3. The van der Waals surface area contributed by atoms with Gasteiger partial charge in [-0.1, -0.05) is 0 Å². The van der Waals surface area contributed by atoms with Crippen molar-refractivity contribution in [2.24, 2.45) is 28.3 Å². The first-order valence-corrected chi connectivity index (χ1v) is 9.38. The number of carbonyl (C=O) groups is 1. The molecule has 0 unspecified atom stereocenters. The van der Waals surface area contributed by atoms with E-state index in [4.69, 9.17) is 0 Å². The molecular weight excluding hydrogens is 348 g/mol. The highest BCUT2D eigenvalue weighted by Gasteiger charge is 2.54. The van der Waals surface area contributed by atoms with Crippen molar-refractivity contribution in [1.82, 2.24) is 5.43 Å². The maximum atomic E-state index is 12.7. The van der Waals surface area contributed by atoms with Crippen LogP contribution < -0.4 is 5.43 Å². The maximum Gasteiger partial charge on any atom is 0.246 e. The van der Waals surface area contributed by atoms with Crippen LogP contribution in [0, 0.1) is 23.2 Å². The van der Waals surface area contributed by atoms with Crippen molar-refractivity contribution < 1.29 is 4.79 Å². The number of halogens is 1. The van der Waals surface area contributed by atoms with E-state index < -0.39 is 0 Å². The van der Waals surface area contributed by atoms with E-state index in [2.05, 4.69) is 26.5 Å². The van der Waals surface area contributed by atoms with Crippen LogP contribution in [0.15, 0.2) is 21.0 Å². The zero-order chi connectivity index (χ0) is 14.4. The van der Waals surface area contributed by atoms with Gasteiger partial charge < -0.3 is 0 Å². The van der Waals surface area contributed by atoms with Gasteiger partial charge in [-0.05, 0) is 78.3 Å². The molecule has 4 aliphatic rings. The average Bonchev–Trinajstić information content (AvgIpc) is 2.83. The van der Waals surface area contributed by atoms with E-state index in [1.165, 1.54) is 19.3 Å². The highest BCUT2D eigenvalue weighted by molar-refractivity contribution is 9.10. The third-order valence-corrected chi connectivity index (χ3v) is 7.09. The van der Waals surface area contributed by atoms with Crippen LogP contribution in [0.1, 0.15) is 43.4 Å². The first-order valence-electron chi connectivity index (χ1n) is 7.70. The minimum absolute atomic E-state index is 0.109. The van der Waals surface area contributed by atoms with Crippen LogP contribution in [-0.4, -0.2) is 12.1 Å². The van der Waals surface area contributed by atoms with Crippen molar-refractivity contribution >= 4 is 39.4 Å². The summed E-state index contributed by atoms with van der Waals surface area (Å²) in [5.74, 6) is 2.53. The van der Waals surface area contributed by atoms with E-state index in [1.54, 1.807) is 17.6 Å². The molecule has 4 fully saturated rings. The number of rotatable bonds is 3. The largest absolute Gasteiger partial charge is 0.273 e. The fourth-order valence-electron chi connectivity index (χ4n) is 5.06. The molecule has 4 aliphatic carbocycles. The number of amides is 1. The lowest BCUT2D eigenvalue weighted by molar-refractivity contribution is -0.146. The second kappa shape index (κ2) is 5.20. The minimum Gasteiger partial charge on any atom is -0.273 e. The molecular formula is C16H19BrN2OS. The summed E-state index contributed by atoms with van der Waals surface area (Å²) >= 11 is 5.04. The molecule has 0 radical (unpaired) electrons. The van der Waals surface area contributed by atoms with Crippen LogP contribution in [0.2, 0.25) is 0 Å². The number of hydrogen-bond acceptors (Lipinski definition) is 3. The molecule has 0 aliphatic heterocycles. The zero-order valence-electron chi connectivity index (χ0n) is 11.8. The van der Waals surface area contributed by atoms with Crippen molar-refractivity contribution in [3.8, 4) is 0 Å². The van der Waals surface area contributed by atoms with E-state index in [1.807, 2.05) is 11.4 Å². The van der Waals surface area contributed by atoms with E-state index >= 15 is 0 Å². The summed E-state index contributed by atoms with van der Waals surface area (Å²) < 4.78 is 1.06. The second-order valence-electron chi connectivity index (χ2n) is 7.06. The van der Waals surface area contributed by atoms with Crippen LogP contribution in [0.25, 0.3) is 0 Å². The monoisotopic (exact) mass is 366 g/mol. The fraction of sp³-hybridized carbons (Fsp3) is 0.625. The van der Waals surface area contributed by atoms with Crippen molar-refractivity contribution in [3.63, 3.8) is 0 Å². The van der Waals surface area contributed by atoms with Crippen molar-refractivity contribution in [2.75, 3.05) is 0 Å². The summed E-state index contributed by atoms with van der Waals surface area (Å²) in [6.45, 7) is 0. The summed E-state index contributed by atoms with van der Waals surface area (Å²) in [5.41, 5.74) is 2.71. The topological polar surface area (TPSA) is 41.5 Å². The molecule has 1 aromatic heterocycles. The van der Waals surface area contributed by atoms with Gasteiger partial charge in [0.05, 0.1) is 11.6 Å². The van der Waals surface area contributed by atoms with Crippen molar-refractivity contribution in [3.05, 3.63) is 20.8 Å². The number of hydrazone groups is 1. The molecule has 0 spiro atoms. The van der Waals surface area contributed by atoms with Crippen LogP contribution in [0.3, 0.4) is 0 Å². The summed E-state index contributed by atoms with van der Waals surface area (Å²) in [6.07, 6.45) is 9.09. The molecule has 1 amide bonds. The van der Waals surface area contributed by atoms with Gasteiger partial charge in [0.25, 0.3) is 0 Å². The summed E-state index contributed by atoms with van der Waals surface area (Å²) in [6, 6.07) is 2.01. The molecule has 4 saturated carbocycles. The Bertz CT molecular complexity index is 560. The van der Waals surface area contributed by atoms with Gasteiger partial charge in [0.1, 0.15) is 0 Å². The first kappa shape index (κ1) is 13.9. The Kier molecular flexibility index (Phi) is 3.45. The molecule has 5 rings (SSSR count). The minimum atomic E-state index is -0.109. The van der Waals surface area contributed by atoms with Crippen LogP contribution >= 0.6 is 27.3 Å².